The van der Waals surface area contributed by atoms with Gasteiger partial charge in [-0.1, -0.05) is 54.6 Å². The predicted octanol–water partition coefficient (Wildman–Crippen LogP) is 5.22. The number of aromatic amines is 1. The van der Waals surface area contributed by atoms with Crippen molar-refractivity contribution in [1.29, 1.82) is 0 Å². The van der Waals surface area contributed by atoms with Gasteiger partial charge in [0.05, 0.1) is 22.0 Å². The number of aromatic nitrogens is 2. The molecule has 41 heavy (non-hydrogen) atoms. The van der Waals surface area contributed by atoms with E-state index in [1.54, 1.807) is 18.2 Å². The number of fused-ring (bicyclic) bond motifs is 2. The van der Waals surface area contributed by atoms with E-state index in [4.69, 9.17) is 9.98 Å². The molecule has 3 heterocycles. The smallest absolute Gasteiger partial charge is 0.335 e. The monoisotopic (exact) mass is 541 g/mol. The summed E-state index contributed by atoms with van der Waals surface area (Å²) in [4.78, 5) is 29.6. The first-order valence-corrected chi connectivity index (χ1v) is 14.1. The SMILES string of the molecule is O=C(O)c1ccc2c(c1)=CN(c1ccc(CN3CCC(c4nc5ccccc5[nH]4)CC3)cc1)C(c1ccccc1)N=2. The van der Waals surface area contributed by atoms with Crippen molar-refractivity contribution < 1.29 is 9.90 Å². The zero-order chi connectivity index (χ0) is 27.8. The van der Waals surface area contributed by atoms with Crippen molar-refractivity contribution in [3.8, 4) is 0 Å². The summed E-state index contributed by atoms with van der Waals surface area (Å²) in [7, 11) is 0. The van der Waals surface area contributed by atoms with Crippen LogP contribution in [0.15, 0.2) is 102 Å². The molecular formula is C34H31N5O2. The van der Waals surface area contributed by atoms with Crippen LogP contribution in [0.1, 0.15) is 52.2 Å². The van der Waals surface area contributed by atoms with Crippen molar-refractivity contribution in [2.45, 2.75) is 31.5 Å². The topological polar surface area (TPSA) is 84.8 Å². The highest BCUT2D eigenvalue weighted by molar-refractivity contribution is 5.87. The molecule has 0 bridgehead atoms. The quantitative estimate of drug-likeness (QED) is 0.308. The number of H-pyrrole nitrogens is 1. The summed E-state index contributed by atoms with van der Waals surface area (Å²) in [5.74, 6) is 0.645. The molecule has 1 unspecified atom stereocenters. The van der Waals surface area contributed by atoms with Gasteiger partial charge in [-0.05, 0) is 79.5 Å². The molecule has 1 aromatic heterocycles. The Kier molecular flexibility index (Phi) is 6.57. The second kappa shape index (κ2) is 10.7. The lowest BCUT2D eigenvalue weighted by Gasteiger charge is -2.32. The third kappa shape index (κ3) is 5.12. The standard InChI is InChI=1S/C34H31N5O2/c40-34(41)26-12-15-29-27(20-26)22-39(33(37-29)25-6-2-1-3-7-25)28-13-10-23(11-14-28)21-38-18-16-24(17-19-38)32-35-30-8-4-5-9-31(30)36-32/h1-15,20,22,24,33H,16-19,21H2,(H,35,36)(H,40,41). The molecule has 1 atom stereocenters. The van der Waals surface area contributed by atoms with E-state index < -0.39 is 5.97 Å². The lowest BCUT2D eigenvalue weighted by Crippen LogP contribution is -2.38. The fourth-order valence-electron chi connectivity index (χ4n) is 5.96. The summed E-state index contributed by atoms with van der Waals surface area (Å²) in [6.07, 6.45) is 3.98. The second-order valence-corrected chi connectivity index (χ2v) is 10.9. The van der Waals surface area contributed by atoms with E-state index >= 15 is 0 Å². The number of benzene rings is 4. The molecule has 0 spiro atoms. The number of aromatic carboxylic acids is 1. The zero-order valence-electron chi connectivity index (χ0n) is 22.6. The van der Waals surface area contributed by atoms with Crippen LogP contribution >= 0.6 is 0 Å². The minimum Gasteiger partial charge on any atom is -0.478 e. The van der Waals surface area contributed by atoms with Crippen molar-refractivity contribution in [2.24, 2.45) is 4.99 Å². The van der Waals surface area contributed by atoms with Gasteiger partial charge in [0.15, 0.2) is 6.17 Å². The number of carboxylic acids is 1. The van der Waals surface area contributed by atoms with Crippen LogP contribution in [0, 0.1) is 0 Å². The molecule has 7 rings (SSSR count). The number of piperidine rings is 1. The Morgan fingerprint density at radius 1 is 0.902 bits per heavy atom. The lowest BCUT2D eigenvalue weighted by atomic mass is 9.96. The molecule has 1 fully saturated rings. The summed E-state index contributed by atoms with van der Waals surface area (Å²) in [6, 6.07) is 32.2. The van der Waals surface area contributed by atoms with E-state index in [-0.39, 0.29) is 11.7 Å². The highest BCUT2D eigenvalue weighted by Crippen LogP contribution is 2.31. The number of rotatable bonds is 6. The van der Waals surface area contributed by atoms with E-state index in [2.05, 4.69) is 63.3 Å². The number of carbonyl (C=O) groups is 1. The minimum absolute atomic E-state index is 0.234. The third-order valence-electron chi connectivity index (χ3n) is 8.20. The Labute approximate surface area is 238 Å². The number of likely N-dealkylation sites (tertiary alicyclic amines) is 1. The van der Waals surface area contributed by atoms with Crippen molar-refractivity contribution in [3.63, 3.8) is 0 Å². The van der Waals surface area contributed by atoms with Gasteiger partial charge in [-0.15, -0.1) is 0 Å². The fraction of sp³-hybridized carbons (Fsp3) is 0.206. The van der Waals surface area contributed by atoms with Gasteiger partial charge in [0.2, 0.25) is 0 Å². The summed E-state index contributed by atoms with van der Waals surface area (Å²) >= 11 is 0. The molecule has 0 radical (unpaired) electrons. The molecule has 0 saturated carbocycles. The maximum Gasteiger partial charge on any atom is 0.335 e. The Morgan fingerprint density at radius 2 is 1.66 bits per heavy atom. The highest BCUT2D eigenvalue weighted by atomic mass is 16.4. The third-order valence-corrected chi connectivity index (χ3v) is 8.20. The van der Waals surface area contributed by atoms with E-state index in [0.717, 1.165) is 71.2 Å². The van der Waals surface area contributed by atoms with E-state index in [9.17, 15) is 9.90 Å². The maximum atomic E-state index is 11.6. The molecule has 7 heteroatoms. The van der Waals surface area contributed by atoms with Gasteiger partial charge in [0.1, 0.15) is 5.82 Å². The molecule has 0 amide bonds. The van der Waals surface area contributed by atoms with Crippen LogP contribution in [0.5, 0.6) is 0 Å². The molecule has 0 aliphatic carbocycles. The van der Waals surface area contributed by atoms with Crippen LogP contribution in [0.2, 0.25) is 0 Å². The largest absolute Gasteiger partial charge is 0.478 e. The van der Waals surface area contributed by atoms with E-state index in [0.29, 0.717) is 5.92 Å². The van der Waals surface area contributed by atoms with Crippen molar-refractivity contribution >= 4 is 28.9 Å². The van der Waals surface area contributed by atoms with Gasteiger partial charge in [-0.25, -0.2) is 9.78 Å². The number of carboxylic acid groups (broad SMARTS) is 1. The van der Waals surface area contributed by atoms with Crippen molar-refractivity contribution in [2.75, 3.05) is 18.0 Å². The number of hydrogen-bond acceptors (Lipinski definition) is 5. The molecule has 2 aliphatic heterocycles. The second-order valence-electron chi connectivity index (χ2n) is 10.9. The number of hydrogen-bond donors (Lipinski definition) is 2. The van der Waals surface area contributed by atoms with Gasteiger partial charge in [-0.3, -0.25) is 9.89 Å². The Morgan fingerprint density at radius 3 is 2.41 bits per heavy atom. The van der Waals surface area contributed by atoms with Crippen molar-refractivity contribution in [1.82, 2.24) is 14.9 Å². The first-order chi connectivity index (χ1) is 20.1. The van der Waals surface area contributed by atoms with Crippen LogP contribution in [0.25, 0.3) is 17.2 Å². The van der Waals surface area contributed by atoms with Crippen LogP contribution in [-0.2, 0) is 6.54 Å². The summed E-state index contributed by atoms with van der Waals surface area (Å²) in [5.41, 5.74) is 5.78. The van der Waals surface area contributed by atoms with Gasteiger partial charge >= 0.3 is 5.97 Å². The Hall–Kier alpha value is -4.75. The summed E-state index contributed by atoms with van der Waals surface area (Å²) < 4.78 is 0. The predicted molar refractivity (Wildman–Crippen MR) is 160 cm³/mol. The minimum atomic E-state index is -0.941. The lowest BCUT2D eigenvalue weighted by molar-refractivity contribution is 0.0696. The first kappa shape index (κ1) is 25.2. The fourth-order valence-corrected chi connectivity index (χ4v) is 5.96. The number of anilines is 1. The number of para-hydroxylation sites is 2. The van der Waals surface area contributed by atoms with Crippen LogP contribution in [0.4, 0.5) is 5.69 Å². The summed E-state index contributed by atoms with van der Waals surface area (Å²) in [5, 5.41) is 11.1. The average molecular weight is 542 g/mol. The first-order valence-electron chi connectivity index (χ1n) is 14.1. The van der Waals surface area contributed by atoms with Gasteiger partial charge < -0.3 is 15.0 Å². The normalized spacial score (nSPS) is 17.6. The number of imidazole rings is 1. The van der Waals surface area contributed by atoms with E-state index in [1.807, 2.05) is 36.5 Å². The Balaban J connectivity index is 1.08. The van der Waals surface area contributed by atoms with Crippen molar-refractivity contribution in [3.05, 3.63) is 130 Å². The van der Waals surface area contributed by atoms with Gasteiger partial charge in [-0.2, -0.15) is 0 Å². The zero-order valence-corrected chi connectivity index (χ0v) is 22.6. The molecule has 7 nitrogen and oxygen atoms in total. The van der Waals surface area contributed by atoms with Crippen LogP contribution in [-0.4, -0.2) is 39.0 Å². The molecule has 204 valence electrons. The molecule has 2 N–H and O–H groups in total. The van der Waals surface area contributed by atoms with Crippen LogP contribution in [0.3, 0.4) is 0 Å². The molecular weight excluding hydrogens is 510 g/mol. The summed E-state index contributed by atoms with van der Waals surface area (Å²) in [6.45, 7) is 3.00. The molecule has 4 aromatic carbocycles. The maximum absolute atomic E-state index is 11.6. The van der Waals surface area contributed by atoms with Gasteiger partial charge in [0, 0.05) is 29.6 Å². The average Bonchev–Trinajstić information content (AvgIpc) is 3.46. The highest BCUT2D eigenvalue weighted by Gasteiger charge is 2.24. The Bertz CT molecular complexity index is 1790. The number of nitrogens with zero attached hydrogens (tertiary/aromatic N) is 4. The van der Waals surface area contributed by atoms with Gasteiger partial charge in [0.25, 0.3) is 0 Å². The van der Waals surface area contributed by atoms with E-state index in [1.165, 1.54) is 5.56 Å². The molecule has 2 aliphatic rings. The number of nitrogens with one attached hydrogen (secondary N) is 1. The van der Waals surface area contributed by atoms with Crippen LogP contribution < -0.4 is 15.5 Å². The molecule has 1 saturated heterocycles. The molecule has 5 aromatic rings.